The third-order valence-electron chi connectivity index (χ3n) is 2.65. The standard InChI is InChI=1S/C14H12N2O4/c17-13(18)9-5-1-3-7-11(9)15-16-12-8-4-2-6-10(12)14(19)20/h1-8,15-16H,(H,17,18)(H,19,20). The van der Waals surface area contributed by atoms with Gasteiger partial charge in [-0.1, -0.05) is 24.3 Å². The Morgan fingerprint density at radius 2 is 1.05 bits per heavy atom. The van der Waals surface area contributed by atoms with E-state index in [0.717, 1.165) is 0 Å². The van der Waals surface area contributed by atoms with Crippen molar-refractivity contribution in [3.8, 4) is 0 Å². The molecule has 20 heavy (non-hydrogen) atoms. The zero-order valence-corrected chi connectivity index (χ0v) is 10.3. The number of hydrazine groups is 1. The van der Waals surface area contributed by atoms with Crippen LogP contribution in [0.1, 0.15) is 20.7 Å². The number of nitrogens with one attached hydrogen (secondary N) is 2. The molecule has 2 aromatic carbocycles. The molecule has 0 aromatic heterocycles. The Labute approximate surface area is 114 Å². The van der Waals surface area contributed by atoms with E-state index in [1.807, 2.05) is 0 Å². The summed E-state index contributed by atoms with van der Waals surface area (Å²) in [5.74, 6) is -2.14. The van der Waals surface area contributed by atoms with E-state index in [-0.39, 0.29) is 11.1 Å². The first-order valence-corrected chi connectivity index (χ1v) is 5.76. The summed E-state index contributed by atoms with van der Waals surface area (Å²) in [5.41, 5.74) is 6.30. The van der Waals surface area contributed by atoms with Crippen LogP contribution in [0.2, 0.25) is 0 Å². The molecule has 0 unspecified atom stereocenters. The summed E-state index contributed by atoms with van der Waals surface area (Å²) in [6.07, 6.45) is 0. The number of carboxylic acids is 2. The van der Waals surface area contributed by atoms with Gasteiger partial charge in [0.15, 0.2) is 0 Å². The normalized spacial score (nSPS) is 9.80. The second-order valence-corrected chi connectivity index (χ2v) is 3.95. The monoisotopic (exact) mass is 272 g/mol. The van der Waals surface area contributed by atoms with Crippen molar-refractivity contribution in [1.82, 2.24) is 0 Å². The van der Waals surface area contributed by atoms with Gasteiger partial charge in [0, 0.05) is 0 Å². The molecule has 0 spiro atoms. The first kappa shape index (κ1) is 13.4. The van der Waals surface area contributed by atoms with Gasteiger partial charge in [-0.25, -0.2) is 9.59 Å². The maximum Gasteiger partial charge on any atom is 0.337 e. The average Bonchev–Trinajstić information content (AvgIpc) is 2.45. The van der Waals surface area contributed by atoms with Gasteiger partial charge in [0.05, 0.1) is 22.5 Å². The van der Waals surface area contributed by atoms with Crippen LogP contribution in [0.5, 0.6) is 0 Å². The molecule has 4 N–H and O–H groups in total. The van der Waals surface area contributed by atoms with E-state index in [4.69, 9.17) is 10.2 Å². The van der Waals surface area contributed by atoms with Gasteiger partial charge in [-0.05, 0) is 24.3 Å². The summed E-state index contributed by atoms with van der Waals surface area (Å²) >= 11 is 0. The van der Waals surface area contributed by atoms with Crippen LogP contribution in [-0.2, 0) is 0 Å². The van der Waals surface area contributed by atoms with Gasteiger partial charge < -0.3 is 21.1 Å². The van der Waals surface area contributed by atoms with Crippen molar-refractivity contribution in [1.29, 1.82) is 0 Å². The molecule has 0 aliphatic heterocycles. The molecule has 0 fully saturated rings. The van der Waals surface area contributed by atoms with Crippen molar-refractivity contribution >= 4 is 23.3 Å². The van der Waals surface area contributed by atoms with E-state index in [1.165, 1.54) is 12.1 Å². The van der Waals surface area contributed by atoms with E-state index in [1.54, 1.807) is 36.4 Å². The number of hydrogen-bond donors (Lipinski definition) is 4. The Morgan fingerprint density at radius 1 is 0.700 bits per heavy atom. The van der Waals surface area contributed by atoms with Gasteiger partial charge in [-0.2, -0.15) is 0 Å². The highest BCUT2D eigenvalue weighted by molar-refractivity contribution is 5.96. The predicted molar refractivity (Wildman–Crippen MR) is 74.0 cm³/mol. The predicted octanol–water partition coefficient (Wildman–Crippen LogP) is 2.52. The summed E-state index contributed by atoms with van der Waals surface area (Å²) in [6, 6.07) is 12.7. The minimum atomic E-state index is -1.07. The first-order chi connectivity index (χ1) is 9.59. The zero-order chi connectivity index (χ0) is 14.5. The molecular formula is C14H12N2O4. The third-order valence-corrected chi connectivity index (χ3v) is 2.65. The Kier molecular flexibility index (Phi) is 3.85. The fourth-order valence-electron chi connectivity index (χ4n) is 1.69. The molecule has 2 rings (SSSR count). The van der Waals surface area contributed by atoms with Crippen molar-refractivity contribution in [3.05, 3.63) is 59.7 Å². The van der Waals surface area contributed by atoms with Gasteiger partial charge in [0.1, 0.15) is 0 Å². The van der Waals surface area contributed by atoms with Gasteiger partial charge >= 0.3 is 11.9 Å². The Balaban J connectivity index is 2.22. The second kappa shape index (κ2) is 5.75. The fraction of sp³-hybridized carbons (Fsp3) is 0. The third kappa shape index (κ3) is 2.86. The summed E-state index contributed by atoms with van der Waals surface area (Å²) in [4.78, 5) is 22.1. The van der Waals surface area contributed by atoms with E-state index < -0.39 is 11.9 Å². The molecule has 0 aliphatic carbocycles. The van der Waals surface area contributed by atoms with Crippen LogP contribution in [0.3, 0.4) is 0 Å². The van der Waals surface area contributed by atoms with Crippen LogP contribution < -0.4 is 10.9 Å². The number of anilines is 2. The van der Waals surface area contributed by atoms with Crippen LogP contribution in [-0.4, -0.2) is 22.2 Å². The quantitative estimate of drug-likeness (QED) is 0.624. The number of para-hydroxylation sites is 2. The van der Waals surface area contributed by atoms with Crippen molar-refractivity contribution in [2.45, 2.75) is 0 Å². The Hall–Kier alpha value is -3.02. The summed E-state index contributed by atoms with van der Waals surface area (Å²) in [5, 5.41) is 18.1. The maximum atomic E-state index is 11.0. The van der Waals surface area contributed by atoms with Crippen LogP contribution in [0.4, 0.5) is 11.4 Å². The SMILES string of the molecule is O=C(O)c1ccccc1NNc1ccccc1C(=O)O. The van der Waals surface area contributed by atoms with Crippen LogP contribution in [0.15, 0.2) is 48.5 Å². The molecule has 0 bridgehead atoms. The van der Waals surface area contributed by atoms with E-state index >= 15 is 0 Å². The molecule has 0 saturated carbocycles. The lowest BCUT2D eigenvalue weighted by atomic mass is 10.2. The number of aromatic carboxylic acids is 2. The Bertz CT molecular complexity index is 598. The van der Waals surface area contributed by atoms with Crippen LogP contribution >= 0.6 is 0 Å². The van der Waals surface area contributed by atoms with E-state index in [2.05, 4.69) is 10.9 Å². The summed E-state index contributed by atoms with van der Waals surface area (Å²) < 4.78 is 0. The number of benzene rings is 2. The summed E-state index contributed by atoms with van der Waals surface area (Å²) in [7, 11) is 0. The van der Waals surface area contributed by atoms with Crippen molar-refractivity contribution in [2.75, 3.05) is 10.9 Å². The summed E-state index contributed by atoms with van der Waals surface area (Å²) in [6.45, 7) is 0. The first-order valence-electron chi connectivity index (χ1n) is 5.76. The molecule has 0 amide bonds. The minimum Gasteiger partial charge on any atom is -0.478 e. The topological polar surface area (TPSA) is 98.7 Å². The highest BCUT2D eigenvalue weighted by Gasteiger charge is 2.11. The molecule has 102 valence electrons. The van der Waals surface area contributed by atoms with E-state index in [0.29, 0.717) is 11.4 Å². The van der Waals surface area contributed by atoms with Gasteiger partial charge in [0.2, 0.25) is 0 Å². The number of carbonyl (C=O) groups is 2. The van der Waals surface area contributed by atoms with Crippen molar-refractivity contribution in [2.24, 2.45) is 0 Å². The maximum absolute atomic E-state index is 11.0. The smallest absolute Gasteiger partial charge is 0.337 e. The minimum absolute atomic E-state index is 0.0906. The number of carboxylic acid groups (broad SMARTS) is 2. The van der Waals surface area contributed by atoms with Crippen LogP contribution in [0.25, 0.3) is 0 Å². The highest BCUT2D eigenvalue weighted by atomic mass is 16.4. The number of hydrogen-bond acceptors (Lipinski definition) is 4. The molecule has 0 saturated heterocycles. The lowest BCUT2D eigenvalue weighted by Crippen LogP contribution is -2.14. The highest BCUT2D eigenvalue weighted by Crippen LogP contribution is 2.18. The lowest BCUT2D eigenvalue weighted by Gasteiger charge is -2.13. The molecule has 6 heteroatoms. The molecule has 0 aliphatic rings. The Morgan fingerprint density at radius 3 is 1.40 bits per heavy atom. The largest absolute Gasteiger partial charge is 0.478 e. The fourth-order valence-corrected chi connectivity index (χ4v) is 1.69. The number of rotatable bonds is 5. The van der Waals surface area contributed by atoms with E-state index in [9.17, 15) is 9.59 Å². The lowest BCUT2D eigenvalue weighted by molar-refractivity contribution is 0.0686. The van der Waals surface area contributed by atoms with Gasteiger partial charge in [-0.3, -0.25) is 0 Å². The van der Waals surface area contributed by atoms with Crippen LogP contribution in [0, 0.1) is 0 Å². The van der Waals surface area contributed by atoms with Gasteiger partial charge in [0.25, 0.3) is 0 Å². The molecule has 0 atom stereocenters. The second-order valence-electron chi connectivity index (χ2n) is 3.95. The molecular weight excluding hydrogens is 260 g/mol. The van der Waals surface area contributed by atoms with Crippen molar-refractivity contribution < 1.29 is 19.8 Å². The molecule has 0 radical (unpaired) electrons. The average molecular weight is 272 g/mol. The molecule has 6 nitrogen and oxygen atoms in total. The molecule has 0 heterocycles. The molecule has 2 aromatic rings. The van der Waals surface area contributed by atoms with Crippen molar-refractivity contribution in [3.63, 3.8) is 0 Å². The van der Waals surface area contributed by atoms with Gasteiger partial charge in [-0.15, -0.1) is 0 Å². The zero-order valence-electron chi connectivity index (χ0n) is 10.3.